The smallest absolute Gasteiger partial charge is 0.328 e. The summed E-state index contributed by atoms with van der Waals surface area (Å²) in [5, 5.41) is 12.3. The summed E-state index contributed by atoms with van der Waals surface area (Å²) >= 11 is 6.79. The van der Waals surface area contributed by atoms with Crippen molar-refractivity contribution in [2.24, 2.45) is 5.92 Å². The molecule has 0 unspecified atom stereocenters. The normalized spacial score (nSPS) is 31.0. The average Bonchev–Trinajstić information content (AvgIpc) is 3.81. The van der Waals surface area contributed by atoms with E-state index in [1.807, 2.05) is 39.0 Å². The molecule has 292 valence electrons. The molecule has 0 radical (unpaired) electrons. The summed E-state index contributed by atoms with van der Waals surface area (Å²) in [6, 6.07) is 7.66. The Morgan fingerprint density at radius 2 is 1.85 bits per heavy atom. The van der Waals surface area contributed by atoms with Gasteiger partial charge in [0.15, 0.2) is 0 Å². The van der Waals surface area contributed by atoms with Gasteiger partial charge in [0.05, 0.1) is 29.7 Å². The maximum atomic E-state index is 14.2. The van der Waals surface area contributed by atoms with Gasteiger partial charge in [0.25, 0.3) is 5.91 Å². The highest BCUT2D eigenvalue weighted by Gasteiger charge is 2.64. The Labute approximate surface area is 322 Å². The Kier molecular flexibility index (Phi) is 12.0. The zero-order chi connectivity index (χ0) is 39.9. The second-order valence-electron chi connectivity index (χ2n) is 15.3. The zero-order valence-electron chi connectivity index (χ0n) is 32.5. The molecule has 3 heterocycles. The van der Waals surface area contributed by atoms with Crippen LogP contribution in [-0.4, -0.2) is 96.6 Å². The number of carbonyl (C=O) groups is 4. The number of nitrogens with two attached hydrogens (primary N) is 1. The van der Waals surface area contributed by atoms with E-state index in [0.29, 0.717) is 28.4 Å². The molecule has 3 aliphatic heterocycles. The summed E-state index contributed by atoms with van der Waals surface area (Å²) in [7, 11) is 4.60. The Bertz CT molecular complexity index is 1880. The Morgan fingerprint density at radius 3 is 2.52 bits per heavy atom. The van der Waals surface area contributed by atoms with Gasteiger partial charge in [-0.2, -0.15) is 0 Å². The minimum absolute atomic E-state index is 0.0612. The van der Waals surface area contributed by atoms with Crippen molar-refractivity contribution in [1.29, 1.82) is 0 Å². The number of halogens is 1. The van der Waals surface area contributed by atoms with E-state index in [1.54, 1.807) is 58.2 Å². The SMILES string of the molecule is CO[C@@H]1/C=C/C=C(\C)Cc2cc(C)c(Cl)c(c2)N(C)C(=O)C[C@H](OC(=O)[C@H](C)N(C)C(=O)c2ccc(N)c(C)c2)[C@]2(C)O[C@H]2[C@H](C)[C@@H]2C[C@@]1(O)CC(=O)O2. The van der Waals surface area contributed by atoms with Crippen LogP contribution in [0.25, 0.3) is 0 Å². The highest BCUT2D eigenvalue weighted by Crippen LogP contribution is 2.49. The zero-order valence-corrected chi connectivity index (χ0v) is 33.2. The maximum Gasteiger partial charge on any atom is 0.328 e. The second kappa shape index (κ2) is 15.9. The van der Waals surface area contributed by atoms with Crippen molar-refractivity contribution < 1.29 is 43.2 Å². The van der Waals surface area contributed by atoms with Gasteiger partial charge in [-0.1, -0.05) is 48.4 Å². The van der Waals surface area contributed by atoms with Gasteiger partial charge in [0.2, 0.25) is 5.91 Å². The van der Waals surface area contributed by atoms with Crippen molar-refractivity contribution in [1.82, 2.24) is 4.90 Å². The first-order valence-electron chi connectivity index (χ1n) is 18.1. The van der Waals surface area contributed by atoms with Gasteiger partial charge in [-0.25, -0.2) is 4.79 Å². The van der Waals surface area contributed by atoms with Gasteiger partial charge in [-0.15, -0.1) is 0 Å². The molecule has 0 saturated carbocycles. The molecule has 13 heteroatoms. The lowest BCUT2D eigenvalue weighted by Crippen LogP contribution is -2.53. The topological polar surface area (TPSA) is 161 Å². The first kappa shape index (κ1) is 40.9. The van der Waals surface area contributed by atoms with Crippen LogP contribution in [0.5, 0.6) is 0 Å². The molecule has 12 nitrogen and oxygen atoms in total. The fourth-order valence-corrected chi connectivity index (χ4v) is 7.72. The lowest BCUT2D eigenvalue weighted by atomic mass is 9.78. The molecule has 4 bridgehead atoms. The number of hydrogen-bond donors (Lipinski definition) is 2. The number of nitrogen functional groups attached to an aromatic ring is 1. The highest BCUT2D eigenvalue weighted by atomic mass is 35.5. The van der Waals surface area contributed by atoms with Gasteiger partial charge in [0.1, 0.15) is 35.6 Å². The second-order valence-corrected chi connectivity index (χ2v) is 15.7. The van der Waals surface area contributed by atoms with E-state index in [9.17, 15) is 24.3 Å². The summed E-state index contributed by atoms with van der Waals surface area (Å²) in [6.07, 6.45) is 2.13. The number of nitrogens with zero attached hydrogens (tertiary/aromatic N) is 2. The molecule has 0 aromatic heterocycles. The van der Waals surface area contributed by atoms with Gasteiger partial charge in [-0.05, 0) is 82.0 Å². The number of anilines is 2. The number of rotatable bonds is 5. The molecule has 0 spiro atoms. The van der Waals surface area contributed by atoms with E-state index in [2.05, 4.69) is 0 Å². The third-order valence-corrected chi connectivity index (χ3v) is 11.7. The van der Waals surface area contributed by atoms with Crippen molar-refractivity contribution in [3.05, 3.63) is 81.4 Å². The number of methoxy groups -OCH3 is 1. The molecule has 8 atom stereocenters. The number of benzene rings is 2. The van der Waals surface area contributed by atoms with Crippen molar-refractivity contribution in [2.45, 2.75) is 109 Å². The van der Waals surface area contributed by atoms with Crippen LogP contribution in [0.1, 0.15) is 74.0 Å². The van der Waals surface area contributed by atoms with E-state index in [1.165, 1.54) is 24.0 Å². The van der Waals surface area contributed by atoms with Crippen LogP contribution in [0.4, 0.5) is 11.4 Å². The number of aliphatic hydroxyl groups is 1. The Morgan fingerprint density at radius 1 is 1.15 bits per heavy atom. The first-order valence-corrected chi connectivity index (χ1v) is 18.5. The number of aryl methyl sites for hydroxylation is 2. The molecular formula is C41H52ClN3O9. The molecule has 3 N–H and O–H groups in total. The van der Waals surface area contributed by atoms with Crippen molar-refractivity contribution in [2.75, 3.05) is 31.8 Å². The van der Waals surface area contributed by atoms with E-state index in [-0.39, 0.29) is 19.3 Å². The predicted octanol–water partition coefficient (Wildman–Crippen LogP) is 5.27. The number of likely N-dealkylation sites (N-methyl/N-ethyl adjacent to an activating group) is 1. The number of hydrogen-bond acceptors (Lipinski definition) is 10. The van der Waals surface area contributed by atoms with Crippen LogP contribution in [0, 0.1) is 19.8 Å². The molecule has 2 amide bonds. The van der Waals surface area contributed by atoms with E-state index < -0.39 is 71.3 Å². The molecule has 2 saturated heterocycles. The minimum atomic E-state index is -1.57. The molecule has 5 rings (SSSR count). The number of allylic oxidation sites excluding steroid dienone is 3. The first-order chi connectivity index (χ1) is 25.3. The van der Waals surface area contributed by atoms with E-state index in [4.69, 9.17) is 36.3 Å². The highest BCUT2D eigenvalue weighted by molar-refractivity contribution is 6.34. The van der Waals surface area contributed by atoms with Crippen molar-refractivity contribution >= 4 is 46.7 Å². The summed E-state index contributed by atoms with van der Waals surface area (Å²) in [5.41, 5.74) is 7.98. The molecular weight excluding hydrogens is 714 g/mol. The van der Waals surface area contributed by atoms with E-state index in [0.717, 1.165) is 22.3 Å². The number of esters is 2. The van der Waals surface area contributed by atoms with Gasteiger partial charge in [-0.3, -0.25) is 14.4 Å². The van der Waals surface area contributed by atoms with Crippen molar-refractivity contribution in [3.8, 4) is 0 Å². The number of ether oxygens (including phenoxy) is 4. The van der Waals surface area contributed by atoms with Gasteiger partial charge >= 0.3 is 11.9 Å². The molecule has 2 fully saturated rings. The number of epoxide rings is 1. The summed E-state index contributed by atoms with van der Waals surface area (Å²) in [4.78, 5) is 57.2. The quantitative estimate of drug-likeness (QED) is 0.233. The van der Waals surface area contributed by atoms with Crippen molar-refractivity contribution in [3.63, 3.8) is 0 Å². The minimum Gasteiger partial charge on any atom is -0.462 e. The van der Waals surface area contributed by atoms with Crippen LogP contribution in [0.2, 0.25) is 5.02 Å². The fraction of sp³-hybridized carbons (Fsp3) is 0.512. The summed E-state index contributed by atoms with van der Waals surface area (Å²) in [5.74, 6) is -2.62. The standard InChI is InChI=1S/C41H52ClN3O9/c1-22-11-10-12-32(51-9)41(50)20-31(52-35(47)21-41)25(4)37-40(6,54-37)33(19-34(46)45(8)30-18-27(15-22)16-24(3)36(30)42)53-39(49)26(5)44(7)38(48)28-13-14-29(43)23(2)17-28/h10-14,16-18,25-26,31-33,37,50H,15,19-21,43H2,1-9H3/b12-10+,22-11+/t25-,26+,31+,32-,33+,37+,40+,41-/m1/s1. The molecule has 0 aliphatic carbocycles. The number of amides is 2. The summed E-state index contributed by atoms with van der Waals surface area (Å²) in [6.45, 7) is 10.7. The Balaban J connectivity index is 1.51. The maximum absolute atomic E-state index is 14.2. The van der Waals surface area contributed by atoms with Gasteiger partial charge < -0.3 is 39.6 Å². The van der Waals surface area contributed by atoms with Crippen LogP contribution in [0.3, 0.4) is 0 Å². The van der Waals surface area contributed by atoms with Crippen LogP contribution in [-0.2, 0) is 39.8 Å². The monoisotopic (exact) mass is 765 g/mol. The predicted molar refractivity (Wildman–Crippen MR) is 205 cm³/mol. The van der Waals surface area contributed by atoms with Crippen LogP contribution >= 0.6 is 11.6 Å². The molecule has 54 heavy (non-hydrogen) atoms. The lowest BCUT2D eigenvalue weighted by Gasteiger charge is -2.41. The number of carbonyl (C=O) groups excluding carboxylic acids is 4. The third kappa shape index (κ3) is 8.36. The van der Waals surface area contributed by atoms with E-state index >= 15 is 0 Å². The average molecular weight is 766 g/mol. The lowest BCUT2D eigenvalue weighted by molar-refractivity contribution is -0.187. The largest absolute Gasteiger partial charge is 0.462 e. The van der Waals surface area contributed by atoms with Crippen LogP contribution < -0.4 is 10.6 Å². The third-order valence-electron chi connectivity index (χ3n) is 11.2. The molecule has 2 aromatic rings. The molecule has 2 aromatic carbocycles. The Hall–Kier alpha value is -4.23. The van der Waals surface area contributed by atoms with Gasteiger partial charge in [0, 0.05) is 44.8 Å². The van der Waals surface area contributed by atoms with Crippen LogP contribution in [0.15, 0.2) is 54.1 Å². The number of fused-ring (bicyclic) bond motifs is 5. The summed E-state index contributed by atoms with van der Waals surface area (Å²) < 4.78 is 23.9. The molecule has 3 aliphatic rings. The fourth-order valence-electron chi connectivity index (χ4n) is 7.48.